The monoisotopic (exact) mass is 301 g/mol. The minimum atomic E-state index is -3.06. The predicted octanol–water partition coefficient (Wildman–Crippen LogP) is 1.35. The number of thiazole rings is 1. The molecule has 2 heterocycles. The third kappa shape index (κ3) is 3.34. The number of aromatic nitrogens is 2. The Morgan fingerprint density at radius 1 is 1.53 bits per heavy atom. The summed E-state index contributed by atoms with van der Waals surface area (Å²) in [5.41, 5.74) is 0.924. The molecule has 2 rings (SSSR count). The standard InChI is InChI=1S/C12H19N3O2S2/c1-4-13-11(9(2)19(3,16)17)7-10-8-15-5-6-18-12(15)14-10/h5-6,8-9,11,13H,4,7H2,1-3H3. The fourth-order valence-electron chi connectivity index (χ4n) is 2.06. The zero-order valence-electron chi connectivity index (χ0n) is 11.3. The number of hydrogen-bond donors (Lipinski definition) is 1. The predicted molar refractivity (Wildman–Crippen MR) is 78.5 cm³/mol. The van der Waals surface area contributed by atoms with Crippen molar-refractivity contribution in [2.75, 3.05) is 12.8 Å². The van der Waals surface area contributed by atoms with Crippen LogP contribution in [-0.2, 0) is 16.3 Å². The zero-order valence-corrected chi connectivity index (χ0v) is 13.0. The summed E-state index contributed by atoms with van der Waals surface area (Å²) in [7, 11) is -3.06. The molecule has 0 bridgehead atoms. The van der Waals surface area contributed by atoms with E-state index in [0.29, 0.717) is 6.42 Å². The molecule has 0 amide bonds. The van der Waals surface area contributed by atoms with E-state index in [1.165, 1.54) is 6.26 Å². The van der Waals surface area contributed by atoms with E-state index in [4.69, 9.17) is 0 Å². The van der Waals surface area contributed by atoms with E-state index in [1.54, 1.807) is 18.3 Å². The highest BCUT2D eigenvalue weighted by Gasteiger charge is 2.26. The van der Waals surface area contributed by atoms with Crippen molar-refractivity contribution in [2.45, 2.75) is 31.6 Å². The van der Waals surface area contributed by atoms with Gasteiger partial charge in [0.25, 0.3) is 0 Å². The van der Waals surface area contributed by atoms with Crippen LogP contribution >= 0.6 is 11.3 Å². The van der Waals surface area contributed by atoms with Crippen LogP contribution in [0.25, 0.3) is 4.96 Å². The molecule has 0 saturated carbocycles. The van der Waals surface area contributed by atoms with Gasteiger partial charge < -0.3 is 5.32 Å². The van der Waals surface area contributed by atoms with Crippen LogP contribution in [0.15, 0.2) is 17.8 Å². The van der Waals surface area contributed by atoms with E-state index >= 15 is 0 Å². The molecule has 2 aromatic heterocycles. The van der Waals surface area contributed by atoms with E-state index in [-0.39, 0.29) is 6.04 Å². The normalized spacial score (nSPS) is 15.7. The molecule has 0 saturated heterocycles. The van der Waals surface area contributed by atoms with Gasteiger partial charge in [-0.15, -0.1) is 11.3 Å². The lowest BCUT2D eigenvalue weighted by Gasteiger charge is -2.22. The van der Waals surface area contributed by atoms with Crippen LogP contribution in [0.4, 0.5) is 0 Å². The molecule has 2 aromatic rings. The first-order valence-corrected chi connectivity index (χ1v) is 9.08. The topological polar surface area (TPSA) is 63.5 Å². The summed E-state index contributed by atoms with van der Waals surface area (Å²) in [6, 6.07) is -0.107. The Balaban J connectivity index is 2.18. The summed E-state index contributed by atoms with van der Waals surface area (Å²) in [5.74, 6) is 0. The summed E-state index contributed by atoms with van der Waals surface area (Å²) >= 11 is 1.58. The summed E-state index contributed by atoms with van der Waals surface area (Å²) in [6.07, 6.45) is 5.83. The first-order valence-electron chi connectivity index (χ1n) is 6.25. The van der Waals surface area contributed by atoms with Crippen molar-refractivity contribution in [3.8, 4) is 0 Å². The van der Waals surface area contributed by atoms with Gasteiger partial charge in [-0.3, -0.25) is 4.40 Å². The van der Waals surface area contributed by atoms with Gasteiger partial charge >= 0.3 is 0 Å². The van der Waals surface area contributed by atoms with Gasteiger partial charge in [0, 0.05) is 36.5 Å². The third-order valence-electron chi connectivity index (χ3n) is 3.28. The smallest absolute Gasteiger partial charge is 0.193 e. The highest BCUT2D eigenvalue weighted by atomic mass is 32.2. The second kappa shape index (κ2) is 5.60. The maximum atomic E-state index is 11.7. The van der Waals surface area contributed by atoms with Crippen LogP contribution in [0.1, 0.15) is 19.5 Å². The number of nitrogens with zero attached hydrogens (tertiary/aromatic N) is 2. The fraction of sp³-hybridized carbons (Fsp3) is 0.583. The molecular weight excluding hydrogens is 282 g/mol. The number of fused-ring (bicyclic) bond motifs is 1. The van der Waals surface area contributed by atoms with Crippen LogP contribution in [0.5, 0.6) is 0 Å². The molecule has 106 valence electrons. The van der Waals surface area contributed by atoms with Crippen molar-refractivity contribution in [2.24, 2.45) is 0 Å². The maximum Gasteiger partial charge on any atom is 0.193 e. The van der Waals surface area contributed by atoms with Gasteiger partial charge in [0.2, 0.25) is 0 Å². The zero-order chi connectivity index (χ0) is 14.0. The minimum absolute atomic E-state index is 0.107. The third-order valence-corrected chi connectivity index (χ3v) is 5.73. The molecule has 0 spiro atoms. The van der Waals surface area contributed by atoms with E-state index in [1.807, 2.05) is 29.1 Å². The molecule has 2 unspecified atom stereocenters. The van der Waals surface area contributed by atoms with Crippen molar-refractivity contribution in [1.29, 1.82) is 0 Å². The van der Waals surface area contributed by atoms with Crippen LogP contribution in [0.2, 0.25) is 0 Å². The van der Waals surface area contributed by atoms with Gasteiger partial charge in [-0.1, -0.05) is 6.92 Å². The van der Waals surface area contributed by atoms with E-state index in [2.05, 4.69) is 10.3 Å². The Bertz CT molecular complexity index is 616. The first kappa shape index (κ1) is 14.5. The molecule has 0 aromatic carbocycles. The van der Waals surface area contributed by atoms with Crippen LogP contribution in [-0.4, -0.2) is 41.9 Å². The molecule has 0 aliphatic rings. The van der Waals surface area contributed by atoms with Crippen molar-refractivity contribution in [1.82, 2.24) is 14.7 Å². The fourth-order valence-corrected chi connectivity index (χ4v) is 3.57. The van der Waals surface area contributed by atoms with Crippen LogP contribution in [0.3, 0.4) is 0 Å². The number of hydrogen-bond acceptors (Lipinski definition) is 5. The molecular formula is C12H19N3O2S2. The largest absolute Gasteiger partial charge is 0.313 e. The number of rotatable bonds is 6. The van der Waals surface area contributed by atoms with Gasteiger partial charge in [-0.25, -0.2) is 13.4 Å². The molecule has 5 nitrogen and oxygen atoms in total. The highest BCUT2D eigenvalue weighted by molar-refractivity contribution is 7.91. The minimum Gasteiger partial charge on any atom is -0.313 e. The second-order valence-electron chi connectivity index (χ2n) is 4.73. The Hall–Kier alpha value is -0.920. The maximum absolute atomic E-state index is 11.7. The molecule has 1 N–H and O–H groups in total. The molecule has 2 atom stereocenters. The van der Waals surface area contributed by atoms with E-state index in [0.717, 1.165) is 17.2 Å². The Morgan fingerprint density at radius 3 is 2.84 bits per heavy atom. The van der Waals surface area contributed by atoms with Crippen molar-refractivity contribution >= 4 is 26.1 Å². The number of nitrogens with one attached hydrogen (secondary N) is 1. The summed E-state index contributed by atoms with van der Waals surface area (Å²) in [5, 5.41) is 4.80. The quantitative estimate of drug-likeness (QED) is 0.875. The van der Waals surface area contributed by atoms with Crippen molar-refractivity contribution in [3.63, 3.8) is 0 Å². The SMILES string of the molecule is CCNC(Cc1cn2ccsc2n1)C(C)S(C)(=O)=O. The second-order valence-corrected chi connectivity index (χ2v) is 8.00. The Kier molecular flexibility index (Phi) is 4.27. The molecule has 7 heteroatoms. The van der Waals surface area contributed by atoms with Gasteiger partial charge in [0.1, 0.15) is 0 Å². The van der Waals surface area contributed by atoms with Gasteiger partial charge in [0.05, 0.1) is 10.9 Å². The van der Waals surface area contributed by atoms with Gasteiger partial charge in [-0.2, -0.15) is 0 Å². The summed E-state index contributed by atoms with van der Waals surface area (Å²) in [6.45, 7) is 4.47. The molecule has 19 heavy (non-hydrogen) atoms. The summed E-state index contributed by atoms with van der Waals surface area (Å²) in [4.78, 5) is 5.45. The van der Waals surface area contributed by atoms with Gasteiger partial charge in [0.15, 0.2) is 14.8 Å². The average Bonchev–Trinajstić information content (AvgIpc) is 2.86. The average molecular weight is 301 g/mol. The number of imidazole rings is 1. The van der Waals surface area contributed by atoms with Gasteiger partial charge in [-0.05, 0) is 13.5 Å². The van der Waals surface area contributed by atoms with Crippen LogP contribution < -0.4 is 5.32 Å². The highest BCUT2D eigenvalue weighted by Crippen LogP contribution is 2.15. The molecule has 0 aliphatic heterocycles. The molecule has 0 fully saturated rings. The van der Waals surface area contributed by atoms with E-state index in [9.17, 15) is 8.42 Å². The van der Waals surface area contributed by atoms with E-state index < -0.39 is 15.1 Å². The number of likely N-dealkylation sites (N-methyl/N-ethyl adjacent to an activating group) is 1. The van der Waals surface area contributed by atoms with Crippen molar-refractivity contribution in [3.05, 3.63) is 23.5 Å². The number of sulfone groups is 1. The lowest BCUT2D eigenvalue weighted by molar-refractivity contribution is 0.491. The Labute approximate surface area is 117 Å². The first-order chi connectivity index (χ1) is 8.91. The lowest BCUT2D eigenvalue weighted by Crippen LogP contribution is -2.43. The Morgan fingerprint density at radius 2 is 2.26 bits per heavy atom. The molecule has 0 aliphatic carbocycles. The lowest BCUT2D eigenvalue weighted by atomic mass is 10.1. The summed E-state index contributed by atoms with van der Waals surface area (Å²) < 4.78 is 25.4. The van der Waals surface area contributed by atoms with Crippen LogP contribution in [0, 0.1) is 0 Å². The molecule has 0 radical (unpaired) electrons. The van der Waals surface area contributed by atoms with Crippen molar-refractivity contribution < 1.29 is 8.42 Å².